The number of fused-ring (bicyclic) bond motifs is 2. The molecule has 0 fully saturated rings. The van der Waals surface area contributed by atoms with Crippen LogP contribution >= 0.6 is 11.6 Å². The first-order chi connectivity index (χ1) is 10.7. The average molecular weight is 316 g/mol. The van der Waals surface area contributed by atoms with E-state index in [1.807, 2.05) is 0 Å². The Bertz CT molecular complexity index is 887. The molecule has 4 rings (SSSR count). The van der Waals surface area contributed by atoms with Gasteiger partial charge < -0.3 is 19.2 Å². The van der Waals surface area contributed by atoms with Crippen LogP contribution in [0.4, 0.5) is 5.69 Å². The molecule has 0 radical (unpaired) electrons. The van der Waals surface area contributed by atoms with Gasteiger partial charge in [-0.15, -0.1) is 0 Å². The van der Waals surface area contributed by atoms with E-state index in [-0.39, 0.29) is 18.5 Å². The van der Waals surface area contributed by atoms with Crippen LogP contribution in [0.15, 0.2) is 46.9 Å². The summed E-state index contributed by atoms with van der Waals surface area (Å²) in [5, 5.41) is 4.14. The molecule has 0 spiro atoms. The van der Waals surface area contributed by atoms with Gasteiger partial charge in [0.25, 0.3) is 5.91 Å². The molecule has 0 bridgehead atoms. The second-order valence-electron chi connectivity index (χ2n) is 4.81. The summed E-state index contributed by atoms with van der Waals surface area (Å²) in [4.78, 5) is 12.3. The number of benzene rings is 2. The highest BCUT2D eigenvalue weighted by atomic mass is 35.5. The van der Waals surface area contributed by atoms with E-state index in [9.17, 15) is 4.79 Å². The van der Waals surface area contributed by atoms with Gasteiger partial charge in [0.2, 0.25) is 6.79 Å². The smallest absolute Gasteiger partial charge is 0.291 e. The zero-order valence-electron chi connectivity index (χ0n) is 11.3. The largest absolute Gasteiger partial charge is 0.454 e. The molecule has 3 aromatic rings. The number of amides is 1. The standard InChI is InChI=1S/C16H10ClNO4/c17-10-1-3-12-9(5-10)6-15(22-12)16(19)18-11-2-4-13-14(7-11)21-8-20-13/h1-7H,8H2,(H,18,19). The highest BCUT2D eigenvalue weighted by Crippen LogP contribution is 2.34. The summed E-state index contributed by atoms with van der Waals surface area (Å²) in [5.41, 5.74) is 1.22. The van der Waals surface area contributed by atoms with Crippen molar-refractivity contribution in [2.24, 2.45) is 0 Å². The number of ether oxygens (including phenoxy) is 2. The van der Waals surface area contributed by atoms with Crippen LogP contribution in [0, 0.1) is 0 Å². The fraction of sp³-hybridized carbons (Fsp3) is 0.0625. The average Bonchev–Trinajstić information content (AvgIpc) is 3.12. The van der Waals surface area contributed by atoms with Crippen molar-refractivity contribution in [3.63, 3.8) is 0 Å². The molecule has 0 unspecified atom stereocenters. The summed E-state index contributed by atoms with van der Waals surface area (Å²) in [6, 6.07) is 12.0. The Labute approximate surface area is 130 Å². The number of anilines is 1. The van der Waals surface area contributed by atoms with E-state index < -0.39 is 0 Å². The second-order valence-corrected chi connectivity index (χ2v) is 5.25. The zero-order chi connectivity index (χ0) is 15.1. The van der Waals surface area contributed by atoms with E-state index in [0.29, 0.717) is 27.8 Å². The van der Waals surface area contributed by atoms with E-state index in [2.05, 4.69) is 5.32 Å². The second kappa shape index (κ2) is 4.96. The third-order valence-electron chi connectivity index (χ3n) is 3.33. The predicted molar refractivity (Wildman–Crippen MR) is 81.7 cm³/mol. The molecule has 0 saturated carbocycles. The Balaban J connectivity index is 1.60. The van der Waals surface area contributed by atoms with Crippen LogP contribution in [0.5, 0.6) is 11.5 Å². The molecule has 6 heteroatoms. The van der Waals surface area contributed by atoms with Gasteiger partial charge in [0, 0.05) is 22.2 Å². The van der Waals surface area contributed by atoms with E-state index in [4.69, 9.17) is 25.5 Å². The van der Waals surface area contributed by atoms with Gasteiger partial charge in [-0.25, -0.2) is 0 Å². The maximum Gasteiger partial charge on any atom is 0.291 e. The van der Waals surface area contributed by atoms with Crippen LogP contribution in [-0.2, 0) is 0 Å². The summed E-state index contributed by atoms with van der Waals surface area (Å²) in [6.07, 6.45) is 0. The van der Waals surface area contributed by atoms with Crippen LogP contribution in [0.2, 0.25) is 5.02 Å². The molecule has 5 nitrogen and oxygen atoms in total. The van der Waals surface area contributed by atoms with Gasteiger partial charge in [-0.2, -0.15) is 0 Å². The van der Waals surface area contributed by atoms with Gasteiger partial charge >= 0.3 is 0 Å². The van der Waals surface area contributed by atoms with Crippen molar-refractivity contribution < 1.29 is 18.7 Å². The van der Waals surface area contributed by atoms with Crippen molar-refractivity contribution in [2.75, 3.05) is 12.1 Å². The molecule has 1 aliphatic heterocycles. The number of nitrogens with one attached hydrogen (secondary N) is 1. The van der Waals surface area contributed by atoms with Crippen LogP contribution < -0.4 is 14.8 Å². The molecular formula is C16H10ClNO4. The number of furan rings is 1. The molecule has 1 amide bonds. The van der Waals surface area contributed by atoms with Gasteiger partial charge in [-0.05, 0) is 36.4 Å². The molecule has 0 atom stereocenters. The normalized spacial score (nSPS) is 12.6. The Morgan fingerprint density at radius 2 is 1.91 bits per heavy atom. The molecule has 2 aromatic carbocycles. The molecule has 22 heavy (non-hydrogen) atoms. The third kappa shape index (κ3) is 2.25. The molecule has 0 saturated heterocycles. The number of rotatable bonds is 2. The van der Waals surface area contributed by atoms with Gasteiger partial charge in [-0.1, -0.05) is 11.6 Å². The Morgan fingerprint density at radius 3 is 2.82 bits per heavy atom. The zero-order valence-corrected chi connectivity index (χ0v) is 12.0. The van der Waals surface area contributed by atoms with Gasteiger partial charge in [0.05, 0.1) is 0 Å². The molecular weight excluding hydrogens is 306 g/mol. The quantitative estimate of drug-likeness (QED) is 0.774. The highest BCUT2D eigenvalue weighted by Gasteiger charge is 2.16. The lowest BCUT2D eigenvalue weighted by Crippen LogP contribution is -2.10. The van der Waals surface area contributed by atoms with Crippen molar-refractivity contribution >= 4 is 34.2 Å². The van der Waals surface area contributed by atoms with Crippen molar-refractivity contribution in [3.05, 3.63) is 53.2 Å². The molecule has 1 aromatic heterocycles. The first kappa shape index (κ1) is 13.0. The Morgan fingerprint density at radius 1 is 1.05 bits per heavy atom. The summed E-state index contributed by atoms with van der Waals surface area (Å²) in [7, 11) is 0. The summed E-state index contributed by atoms with van der Waals surface area (Å²) in [5.74, 6) is 1.15. The maximum absolute atomic E-state index is 12.3. The highest BCUT2D eigenvalue weighted by molar-refractivity contribution is 6.31. The van der Waals surface area contributed by atoms with Gasteiger partial charge in [-0.3, -0.25) is 4.79 Å². The Kier molecular flexibility index (Phi) is 2.94. The lowest BCUT2D eigenvalue weighted by molar-refractivity contribution is 0.0998. The van der Waals surface area contributed by atoms with E-state index >= 15 is 0 Å². The molecule has 1 aliphatic rings. The van der Waals surface area contributed by atoms with E-state index in [1.165, 1.54) is 0 Å². The minimum Gasteiger partial charge on any atom is -0.454 e. The van der Waals surface area contributed by atoms with Crippen LogP contribution in [0.1, 0.15) is 10.6 Å². The van der Waals surface area contributed by atoms with Crippen molar-refractivity contribution in [1.29, 1.82) is 0 Å². The number of halogens is 1. The number of carbonyl (C=O) groups is 1. The summed E-state index contributed by atoms with van der Waals surface area (Å²) >= 11 is 5.92. The number of hydrogen-bond acceptors (Lipinski definition) is 4. The van der Waals surface area contributed by atoms with E-state index in [0.717, 1.165) is 5.39 Å². The SMILES string of the molecule is O=C(Nc1ccc2c(c1)OCO2)c1cc2cc(Cl)ccc2o1. The third-order valence-corrected chi connectivity index (χ3v) is 3.57. The number of carbonyl (C=O) groups excluding carboxylic acids is 1. The fourth-order valence-corrected chi connectivity index (χ4v) is 2.47. The number of hydrogen-bond donors (Lipinski definition) is 1. The molecule has 110 valence electrons. The van der Waals surface area contributed by atoms with Crippen molar-refractivity contribution in [1.82, 2.24) is 0 Å². The van der Waals surface area contributed by atoms with Crippen molar-refractivity contribution in [2.45, 2.75) is 0 Å². The Hall–Kier alpha value is -2.66. The van der Waals surface area contributed by atoms with Crippen LogP contribution in [0.3, 0.4) is 0 Å². The van der Waals surface area contributed by atoms with E-state index in [1.54, 1.807) is 42.5 Å². The minimum absolute atomic E-state index is 0.192. The first-order valence-corrected chi connectivity index (χ1v) is 6.97. The van der Waals surface area contributed by atoms with Gasteiger partial charge in [0.15, 0.2) is 17.3 Å². The summed E-state index contributed by atoms with van der Waals surface area (Å²) in [6.45, 7) is 0.192. The first-order valence-electron chi connectivity index (χ1n) is 6.59. The molecule has 1 N–H and O–H groups in total. The lowest BCUT2D eigenvalue weighted by atomic mass is 10.2. The molecule has 2 heterocycles. The maximum atomic E-state index is 12.3. The van der Waals surface area contributed by atoms with Gasteiger partial charge in [0.1, 0.15) is 5.58 Å². The fourth-order valence-electron chi connectivity index (χ4n) is 2.29. The summed E-state index contributed by atoms with van der Waals surface area (Å²) < 4.78 is 16.0. The van der Waals surface area contributed by atoms with Crippen molar-refractivity contribution in [3.8, 4) is 11.5 Å². The van der Waals surface area contributed by atoms with Crippen LogP contribution in [-0.4, -0.2) is 12.7 Å². The van der Waals surface area contributed by atoms with Crippen LogP contribution in [0.25, 0.3) is 11.0 Å². The monoisotopic (exact) mass is 315 g/mol. The minimum atomic E-state index is -0.341. The molecule has 0 aliphatic carbocycles. The predicted octanol–water partition coefficient (Wildman–Crippen LogP) is 4.07. The topological polar surface area (TPSA) is 60.7 Å². The lowest BCUT2D eigenvalue weighted by Gasteiger charge is -2.04.